The zero-order valence-electron chi connectivity index (χ0n) is 13.4. The smallest absolute Gasteiger partial charge is 0.251 e. The number of ether oxygens (including phenoxy) is 1. The van der Waals surface area contributed by atoms with Crippen molar-refractivity contribution in [2.24, 2.45) is 5.92 Å². The first kappa shape index (κ1) is 17.3. The van der Waals surface area contributed by atoms with Gasteiger partial charge in [0.1, 0.15) is 6.61 Å². The summed E-state index contributed by atoms with van der Waals surface area (Å²) in [5.74, 6) is -0.294. The number of rotatable bonds is 4. The predicted molar refractivity (Wildman–Crippen MR) is 84.3 cm³/mol. The van der Waals surface area contributed by atoms with Crippen molar-refractivity contribution in [3.8, 4) is 18.1 Å². The summed E-state index contributed by atoms with van der Waals surface area (Å²) >= 11 is 0. The van der Waals surface area contributed by atoms with Crippen molar-refractivity contribution in [3.05, 3.63) is 28.8 Å². The average molecular weight is 321 g/mol. The molecule has 1 saturated carbocycles. The molecular formula is C18H21F2NO2. The summed E-state index contributed by atoms with van der Waals surface area (Å²) in [4.78, 5) is 12.4. The number of nitrogens with one attached hydrogen (secondary N) is 1. The molecule has 124 valence electrons. The van der Waals surface area contributed by atoms with Gasteiger partial charge in [-0.1, -0.05) is 25.7 Å². The minimum Gasteiger partial charge on any atom is -0.475 e. The van der Waals surface area contributed by atoms with Gasteiger partial charge >= 0.3 is 0 Å². The minimum absolute atomic E-state index is 0.00849. The van der Waals surface area contributed by atoms with E-state index in [-0.39, 0.29) is 23.8 Å². The molecule has 0 bridgehead atoms. The molecule has 2 rings (SSSR count). The van der Waals surface area contributed by atoms with Gasteiger partial charge in [0.15, 0.2) is 17.4 Å². The fourth-order valence-electron chi connectivity index (χ4n) is 2.95. The van der Waals surface area contributed by atoms with Crippen molar-refractivity contribution >= 4 is 5.91 Å². The second-order valence-corrected chi connectivity index (χ2v) is 6.01. The summed E-state index contributed by atoms with van der Waals surface area (Å²) in [6, 6.07) is 1.05. The van der Waals surface area contributed by atoms with E-state index in [9.17, 15) is 13.6 Å². The third-order valence-electron chi connectivity index (χ3n) is 4.39. The molecule has 0 heterocycles. The van der Waals surface area contributed by atoms with Crippen LogP contribution in [0.15, 0.2) is 6.07 Å². The molecule has 5 heteroatoms. The molecule has 1 N–H and O–H groups in total. The Bertz CT molecular complexity index is 637. The van der Waals surface area contributed by atoms with Crippen LogP contribution < -0.4 is 10.1 Å². The van der Waals surface area contributed by atoms with Crippen molar-refractivity contribution in [3.63, 3.8) is 0 Å². The minimum atomic E-state index is -0.926. The Morgan fingerprint density at radius 1 is 1.43 bits per heavy atom. The van der Waals surface area contributed by atoms with Crippen LogP contribution >= 0.6 is 0 Å². The fourth-order valence-corrected chi connectivity index (χ4v) is 2.95. The van der Waals surface area contributed by atoms with Crippen LogP contribution in [0.3, 0.4) is 0 Å². The number of hydrogen-bond acceptors (Lipinski definition) is 2. The van der Waals surface area contributed by atoms with E-state index >= 15 is 0 Å². The first-order valence-corrected chi connectivity index (χ1v) is 7.81. The van der Waals surface area contributed by atoms with Gasteiger partial charge in [0, 0.05) is 17.2 Å². The normalized spacial score (nSPS) is 20.7. The number of amides is 1. The van der Waals surface area contributed by atoms with Gasteiger partial charge in [-0.3, -0.25) is 4.79 Å². The highest BCUT2D eigenvalue weighted by Gasteiger charge is 2.26. The van der Waals surface area contributed by atoms with Crippen LogP contribution in [-0.4, -0.2) is 18.6 Å². The van der Waals surface area contributed by atoms with Gasteiger partial charge in [-0.2, -0.15) is 0 Å². The van der Waals surface area contributed by atoms with Crippen LogP contribution in [0.1, 0.15) is 48.5 Å². The highest BCUT2D eigenvalue weighted by Crippen LogP contribution is 2.28. The number of halogens is 2. The second-order valence-electron chi connectivity index (χ2n) is 6.01. The maximum absolute atomic E-state index is 14.2. The predicted octanol–water partition coefficient (Wildman–Crippen LogP) is 3.59. The van der Waals surface area contributed by atoms with Gasteiger partial charge in [-0.25, -0.2) is 8.78 Å². The lowest BCUT2D eigenvalue weighted by molar-refractivity contribution is 0.0908. The van der Waals surface area contributed by atoms with Gasteiger partial charge < -0.3 is 10.1 Å². The SMILES string of the molecule is C#CCOc1c(F)cc(C(=O)NC2CCCCC2C)c(C)c1F. The van der Waals surface area contributed by atoms with Crippen molar-refractivity contribution in [1.29, 1.82) is 0 Å². The van der Waals surface area contributed by atoms with Gasteiger partial charge in [-0.05, 0) is 31.7 Å². The summed E-state index contributed by atoms with van der Waals surface area (Å²) in [5.41, 5.74) is 0.0465. The molecule has 1 aromatic carbocycles. The van der Waals surface area contributed by atoms with Crippen LogP contribution in [0.25, 0.3) is 0 Å². The van der Waals surface area contributed by atoms with Gasteiger partial charge in [0.2, 0.25) is 0 Å². The summed E-state index contributed by atoms with van der Waals surface area (Å²) in [6.07, 6.45) is 9.16. The molecule has 3 nitrogen and oxygen atoms in total. The van der Waals surface area contributed by atoms with E-state index < -0.39 is 23.3 Å². The molecule has 1 aromatic rings. The highest BCUT2D eigenvalue weighted by molar-refractivity contribution is 5.96. The zero-order valence-corrected chi connectivity index (χ0v) is 13.4. The molecule has 1 aliphatic rings. The van der Waals surface area contributed by atoms with E-state index in [1.807, 2.05) is 0 Å². The number of carbonyl (C=O) groups is 1. The van der Waals surface area contributed by atoms with E-state index in [0.29, 0.717) is 5.92 Å². The van der Waals surface area contributed by atoms with Gasteiger partial charge in [0.25, 0.3) is 5.91 Å². The van der Waals surface area contributed by atoms with Crippen molar-refractivity contribution in [2.75, 3.05) is 6.61 Å². The Balaban J connectivity index is 2.22. The van der Waals surface area contributed by atoms with Gasteiger partial charge in [-0.15, -0.1) is 6.42 Å². The van der Waals surface area contributed by atoms with Crippen molar-refractivity contribution in [2.45, 2.75) is 45.6 Å². The first-order valence-electron chi connectivity index (χ1n) is 7.81. The van der Waals surface area contributed by atoms with Crippen molar-refractivity contribution < 1.29 is 18.3 Å². The Morgan fingerprint density at radius 3 is 2.78 bits per heavy atom. The molecule has 1 fully saturated rings. The lowest BCUT2D eigenvalue weighted by Crippen LogP contribution is -2.41. The molecule has 0 aliphatic heterocycles. The number of hydrogen-bond donors (Lipinski definition) is 1. The summed E-state index contributed by atoms with van der Waals surface area (Å²) in [7, 11) is 0. The molecule has 0 saturated heterocycles. The topological polar surface area (TPSA) is 38.3 Å². The first-order chi connectivity index (χ1) is 11.0. The van der Waals surface area contributed by atoms with E-state index in [1.54, 1.807) is 0 Å². The highest BCUT2D eigenvalue weighted by atomic mass is 19.1. The number of carbonyl (C=O) groups excluding carboxylic acids is 1. The van der Waals surface area contributed by atoms with Crippen LogP contribution in [0.4, 0.5) is 8.78 Å². The monoisotopic (exact) mass is 321 g/mol. The van der Waals surface area contributed by atoms with Crippen LogP contribution in [0.2, 0.25) is 0 Å². The molecular weight excluding hydrogens is 300 g/mol. The molecule has 2 unspecified atom stereocenters. The van der Waals surface area contributed by atoms with E-state index in [2.05, 4.69) is 18.2 Å². The molecule has 23 heavy (non-hydrogen) atoms. The largest absolute Gasteiger partial charge is 0.475 e. The fraction of sp³-hybridized carbons (Fsp3) is 0.500. The Morgan fingerprint density at radius 2 is 2.13 bits per heavy atom. The quantitative estimate of drug-likeness (QED) is 0.861. The molecule has 0 aromatic heterocycles. The van der Waals surface area contributed by atoms with Crippen LogP contribution in [0.5, 0.6) is 5.75 Å². The molecule has 0 radical (unpaired) electrons. The lowest BCUT2D eigenvalue weighted by atomic mass is 9.85. The average Bonchev–Trinajstić information content (AvgIpc) is 2.53. The molecule has 1 aliphatic carbocycles. The van der Waals surface area contributed by atoms with E-state index in [4.69, 9.17) is 11.2 Å². The third kappa shape index (κ3) is 3.82. The van der Waals surface area contributed by atoms with Crippen LogP contribution in [0, 0.1) is 36.8 Å². The third-order valence-corrected chi connectivity index (χ3v) is 4.39. The van der Waals surface area contributed by atoms with Gasteiger partial charge in [0.05, 0.1) is 0 Å². The Kier molecular flexibility index (Phi) is 5.59. The maximum atomic E-state index is 14.2. The van der Waals surface area contributed by atoms with Crippen molar-refractivity contribution in [1.82, 2.24) is 5.32 Å². The Labute approximate surface area is 135 Å². The summed E-state index contributed by atoms with van der Waals surface area (Å²) in [5, 5.41) is 2.90. The molecule has 0 spiro atoms. The van der Waals surface area contributed by atoms with E-state index in [1.165, 1.54) is 6.92 Å². The number of terminal acetylenes is 1. The zero-order chi connectivity index (χ0) is 17.0. The second kappa shape index (κ2) is 7.45. The summed E-state index contributed by atoms with van der Waals surface area (Å²) < 4.78 is 33.1. The standard InChI is InChI=1S/C18H21F2NO2/c1-4-9-23-17-14(19)10-13(12(3)16(17)20)18(22)21-15-8-6-5-7-11(15)2/h1,10-11,15H,5-9H2,2-3H3,(H,21,22). The van der Waals surface area contributed by atoms with Crippen LogP contribution in [-0.2, 0) is 0 Å². The molecule has 1 amide bonds. The maximum Gasteiger partial charge on any atom is 0.251 e. The lowest BCUT2D eigenvalue weighted by Gasteiger charge is -2.29. The Hall–Kier alpha value is -2.09. The number of benzene rings is 1. The van der Waals surface area contributed by atoms with E-state index in [0.717, 1.165) is 31.7 Å². The molecule has 2 atom stereocenters. The summed E-state index contributed by atoms with van der Waals surface area (Å²) in [6.45, 7) is 3.27.